The molecule has 0 radical (unpaired) electrons. The number of nitrogens with zero attached hydrogens (tertiary/aromatic N) is 1. The summed E-state index contributed by atoms with van der Waals surface area (Å²) < 4.78 is 53.8. The molecule has 3 aliphatic rings. The van der Waals surface area contributed by atoms with Crippen molar-refractivity contribution in [3.63, 3.8) is 0 Å². The summed E-state index contributed by atoms with van der Waals surface area (Å²) in [5.74, 6) is -0.446. The maximum absolute atomic E-state index is 13.8. The predicted molar refractivity (Wildman–Crippen MR) is 230 cm³/mol. The molecule has 5 aromatic rings. The molecule has 3 aliphatic heterocycles. The topological polar surface area (TPSA) is 111 Å². The number of rotatable bonds is 19. The molecule has 0 spiro atoms. The Kier molecular flexibility index (Phi) is 15.2. The number of carbonyl (C=O) groups is 2. The summed E-state index contributed by atoms with van der Waals surface area (Å²) in [4.78, 5) is 28.1. The minimum Gasteiger partial charge on any atom is -0.463 e. The largest absolute Gasteiger partial charge is 0.463 e. The van der Waals surface area contributed by atoms with Gasteiger partial charge in [0.2, 0.25) is 5.91 Å². The van der Waals surface area contributed by atoms with E-state index in [1.54, 1.807) is 0 Å². The maximum Gasteiger partial charge on any atom is 0.302 e. The van der Waals surface area contributed by atoms with Crippen LogP contribution >= 0.6 is 0 Å². The molecule has 8 rings (SSSR count). The van der Waals surface area contributed by atoms with E-state index in [0.717, 1.165) is 27.8 Å². The zero-order valence-corrected chi connectivity index (χ0v) is 35.0. The Labute approximate surface area is 363 Å². The van der Waals surface area contributed by atoms with Crippen LogP contribution in [0.2, 0.25) is 0 Å². The van der Waals surface area contributed by atoms with Crippen LogP contribution in [0.3, 0.4) is 0 Å². The predicted octanol–water partition coefficient (Wildman–Crippen LogP) is 7.59. The standard InChI is InChI=1S/C51H55NO10/c1-36(53)55-35-44-48(58-32-39-21-11-4-12-22-39)49(59-33-40-23-13-5-14-24-40)50(60-34-41-25-15-6-16-26-41)51(61-44)62-47-43(57-31-38-19-9-3-10-20-38)29-52-45(54)28-27-42(46(47)52)56-30-37-17-7-2-8-18-37/h2-26,42-44,46-51H,27-35H2,1H3/t42-,43-,44-,46-,47-,48-,49+,50-,51-/m1/s1. The molecule has 0 unspecified atom stereocenters. The first-order valence-electron chi connectivity index (χ1n) is 21.5. The lowest BCUT2D eigenvalue weighted by Gasteiger charge is -2.47. The first-order valence-corrected chi connectivity index (χ1v) is 21.5. The lowest BCUT2D eigenvalue weighted by molar-refractivity contribution is -0.341. The highest BCUT2D eigenvalue weighted by atomic mass is 16.7. The Morgan fingerprint density at radius 2 is 0.968 bits per heavy atom. The SMILES string of the molecule is CC(=O)OC[C@H]1O[C@H](O[C@H]2[C@H]3[C@H](OCc4ccccc4)CCC(=O)N3C[C@H]2OCc2ccccc2)[C@H](OCc2ccccc2)[C@@H](OCc2ccccc2)[C@@H]1OCc1ccccc1. The van der Waals surface area contributed by atoms with Crippen LogP contribution in [0.25, 0.3) is 0 Å². The zero-order chi connectivity index (χ0) is 42.5. The van der Waals surface area contributed by atoms with Gasteiger partial charge in [0.15, 0.2) is 6.29 Å². The summed E-state index contributed by atoms with van der Waals surface area (Å²) in [5.41, 5.74) is 4.87. The van der Waals surface area contributed by atoms with Crippen LogP contribution in [0.4, 0.5) is 0 Å². The number of hydrogen-bond acceptors (Lipinski definition) is 10. The summed E-state index contributed by atoms with van der Waals surface area (Å²) in [6, 6.07) is 49.1. The van der Waals surface area contributed by atoms with Crippen LogP contribution in [0, 0.1) is 0 Å². The lowest BCUT2D eigenvalue weighted by Crippen LogP contribution is -2.63. The van der Waals surface area contributed by atoms with Gasteiger partial charge in [-0.05, 0) is 34.2 Å². The molecule has 5 aromatic carbocycles. The van der Waals surface area contributed by atoms with Crippen LogP contribution in [0.15, 0.2) is 152 Å². The molecule has 0 saturated carbocycles. The van der Waals surface area contributed by atoms with Crippen LogP contribution in [-0.2, 0) is 80.5 Å². The molecule has 3 saturated heterocycles. The van der Waals surface area contributed by atoms with Gasteiger partial charge in [0, 0.05) is 13.3 Å². The number of amides is 1. The third-order valence-corrected chi connectivity index (χ3v) is 11.6. The highest BCUT2D eigenvalue weighted by Gasteiger charge is 2.56. The smallest absolute Gasteiger partial charge is 0.302 e. The number of benzene rings is 5. The van der Waals surface area contributed by atoms with Crippen molar-refractivity contribution in [2.75, 3.05) is 13.2 Å². The van der Waals surface area contributed by atoms with Gasteiger partial charge in [0.25, 0.3) is 0 Å². The number of piperidine rings is 1. The lowest BCUT2D eigenvalue weighted by atomic mass is 9.95. The number of esters is 1. The first-order chi connectivity index (χ1) is 30.5. The van der Waals surface area contributed by atoms with Crippen LogP contribution in [0.1, 0.15) is 47.6 Å². The summed E-state index contributed by atoms with van der Waals surface area (Å²) in [6.45, 7) is 2.92. The van der Waals surface area contributed by atoms with Crippen LogP contribution in [-0.4, -0.2) is 85.0 Å². The number of ether oxygens (including phenoxy) is 8. The van der Waals surface area contributed by atoms with Gasteiger partial charge in [-0.25, -0.2) is 0 Å². The van der Waals surface area contributed by atoms with E-state index in [1.165, 1.54) is 6.92 Å². The molecule has 3 fully saturated rings. The van der Waals surface area contributed by atoms with Gasteiger partial charge in [0.05, 0.1) is 51.7 Å². The monoisotopic (exact) mass is 841 g/mol. The van der Waals surface area contributed by atoms with Crippen molar-refractivity contribution < 1.29 is 47.5 Å². The van der Waals surface area contributed by atoms with Gasteiger partial charge in [-0.3, -0.25) is 9.59 Å². The Morgan fingerprint density at radius 3 is 1.44 bits per heavy atom. The summed E-state index contributed by atoms with van der Waals surface area (Å²) >= 11 is 0. The molecule has 3 heterocycles. The average Bonchev–Trinajstić information content (AvgIpc) is 3.68. The van der Waals surface area contributed by atoms with Gasteiger partial charge in [-0.1, -0.05) is 152 Å². The Balaban J connectivity index is 1.16. The fourth-order valence-electron chi connectivity index (χ4n) is 8.47. The minimum atomic E-state index is -1.09. The van der Waals surface area contributed by atoms with Gasteiger partial charge >= 0.3 is 5.97 Å². The number of fused-ring (bicyclic) bond motifs is 1. The second-order valence-electron chi connectivity index (χ2n) is 16.0. The van der Waals surface area contributed by atoms with Crippen molar-refractivity contribution in [3.8, 4) is 0 Å². The zero-order valence-electron chi connectivity index (χ0n) is 35.0. The molecule has 62 heavy (non-hydrogen) atoms. The molecule has 0 bridgehead atoms. The van der Waals surface area contributed by atoms with Crippen molar-refractivity contribution in [2.45, 2.75) is 108 Å². The van der Waals surface area contributed by atoms with E-state index in [4.69, 9.17) is 37.9 Å². The summed E-state index contributed by atoms with van der Waals surface area (Å²) in [5, 5.41) is 0. The molecule has 0 aromatic heterocycles. The Morgan fingerprint density at radius 1 is 0.548 bits per heavy atom. The third-order valence-electron chi connectivity index (χ3n) is 11.6. The van der Waals surface area contributed by atoms with E-state index in [0.29, 0.717) is 32.6 Å². The molecular formula is C51H55NO10. The molecular weight excluding hydrogens is 787 g/mol. The van der Waals surface area contributed by atoms with Crippen molar-refractivity contribution in [2.24, 2.45) is 0 Å². The molecule has 324 valence electrons. The summed E-state index contributed by atoms with van der Waals surface area (Å²) in [7, 11) is 0. The summed E-state index contributed by atoms with van der Waals surface area (Å²) in [6.07, 6.45) is -5.07. The van der Waals surface area contributed by atoms with Crippen LogP contribution < -0.4 is 0 Å². The molecule has 0 N–H and O–H groups in total. The highest BCUT2D eigenvalue weighted by molar-refractivity contribution is 5.78. The molecule has 11 nitrogen and oxygen atoms in total. The van der Waals surface area contributed by atoms with E-state index in [2.05, 4.69) is 0 Å². The average molecular weight is 842 g/mol. The highest BCUT2D eigenvalue weighted by Crippen LogP contribution is 2.39. The second kappa shape index (κ2) is 21.7. The van der Waals surface area contributed by atoms with E-state index < -0.39 is 54.9 Å². The van der Waals surface area contributed by atoms with Crippen molar-refractivity contribution >= 4 is 11.9 Å². The number of carbonyl (C=O) groups excluding carboxylic acids is 2. The van der Waals surface area contributed by atoms with Crippen molar-refractivity contribution in [1.82, 2.24) is 4.90 Å². The van der Waals surface area contributed by atoms with Crippen molar-refractivity contribution in [3.05, 3.63) is 179 Å². The van der Waals surface area contributed by atoms with Gasteiger partial charge in [-0.15, -0.1) is 0 Å². The quantitative estimate of drug-likeness (QED) is 0.0772. The van der Waals surface area contributed by atoms with Gasteiger partial charge < -0.3 is 42.8 Å². The molecule has 9 atom stereocenters. The normalized spacial score (nSPS) is 25.9. The van der Waals surface area contributed by atoms with Crippen molar-refractivity contribution in [1.29, 1.82) is 0 Å². The van der Waals surface area contributed by atoms with Gasteiger partial charge in [0.1, 0.15) is 43.2 Å². The first kappa shape index (κ1) is 43.4. The Bertz CT molecular complexity index is 2110. The van der Waals surface area contributed by atoms with E-state index >= 15 is 0 Å². The van der Waals surface area contributed by atoms with E-state index in [1.807, 2.05) is 157 Å². The van der Waals surface area contributed by atoms with E-state index in [-0.39, 0.29) is 38.4 Å². The fourth-order valence-corrected chi connectivity index (χ4v) is 8.47. The van der Waals surface area contributed by atoms with E-state index in [9.17, 15) is 9.59 Å². The molecule has 1 amide bonds. The molecule has 0 aliphatic carbocycles. The minimum absolute atomic E-state index is 0.0154. The Hall–Kier alpha value is -5.24. The van der Waals surface area contributed by atoms with Gasteiger partial charge in [-0.2, -0.15) is 0 Å². The molecule has 11 heteroatoms. The fraction of sp³-hybridized carbons (Fsp3) is 0.373. The van der Waals surface area contributed by atoms with Crippen LogP contribution in [0.5, 0.6) is 0 Å². The third kappa shape index (κ3) is 11.4. The second-order valence-corrected chi connectivity index (χ2v) is 16.0. The maximum atomic E-state index is 13.8. The number of hydrogen-bond donors (Lipinski definition) is 0.